The summed E-state index contributed by atoms with van der Waals surface area (Å²) in [5.74, 6) is -0.415. The Labute approximate surface area is 150 Å². The van der Waals surface area contributed by atoms with Crippen molar-refractivity contribution in [3.8, 4) is 5.69 Å². The number of alkyl halides is 3. The molecular weight excluding hydrogens is 369 g/mol. The van der Waals surface area contributed by atoms with Crippen LogP contribution in [0.5, 0.6) is 0 Å². The largest absolute Gasteiger partial charge is 0.416 e. The maximum absolute atomic E-state index is 12.6. The standard InChI is InChI=1S/C16H13F3N4O2S/c1-25-8-12-9-26-15(21-12)22-14(24)10-6-20-23(7-10)13-4-2-11(3-5-13)16(17,18)19/h2-7,9H,8H2,1H3,(H,21,22,24). The number of halogens is 3. The topological polar surface area (TPSA) is 69.0 Å². The van der Waals surface area contributed by atoms with Crippen molar-refractivity contribution < 1.29 is 22.7 Å². The van der Waals surface area contributed by atoms with Gasteiger partial charge < -0.3 is 4.74 Å². The highest BCUT2D eigenvalue weighted by atomic mass is 32.1. The average molecular weight is 382 g/mol. The van der Waals surface area contributed by atoms with E-state index in [0.717, 1.165) is 12.1 Å². The maximum atomic E-state index is 12.6. The Morgan fingerprint density at radius 1 is 1.31 bits per heavy atom. The van der Waals surface area contributed by atoms with E-state index in [-0.39, 0.29) is 5.56 Å². The third-order valence-electron chi connectivity index (χ3n) is 3.37. The molecule has 0 atom stereocenters. The van der Waals surface area contributed by atoms with Crippen LogP contribution in [0.2, 0.25) is 0 Å². The molecule has 1 amide bonds. The first-order chi connectivity index (χ1) is 12.4. The van der Waals surface area contributed by atoms with Crippen LogP contribution in [-0.2, 0) is 17.5 Å². The fourth-order valence-corrected chi connectivity index (χ4v) is 2.82. The van der Waals surface area contributed by atoms with E-state index in [1.165, 1.54) is 40.5 Å². The van der Waals surface area contributed by atoms with Crippen LogP contribution in [0.4, 0.5) is 18.3 Å². The zero-order chi connectivity index (χ0) is 18.7. The Balaban J connectivity index is 1.71. The molecule has 0 aliphatic carbocycles. The summed E-state index contributed by atoms with van der Waals surface area (Å²) in [6.45, 7) is 0.345. The molecule has 0 aliphatic rings. The molecule has 3 rings (SSSR count). The lowest BCUT2D eigenvalue weighted by atomic mass is 10.2. The Bertz CT molecular complexity index is 903. The molecule has 3 aromatic rings. The number of carbonyl (C=O) groups is 1. The highest BCUT2D eigenvalue weighted by Gasteiger charge is 2.30. The average Bonchev–Trinajstić information content (AvgIpc) is 3.24. The molecule has 0 radical (unpaired) electrons. The summed E-state index contributed by atoms with van der Waals surface area (Å²) in [5, 5.41) is 8.84. The molecule has 0 bridgehead atoms. The molecule has 2 heterocycles. The van der Waals surface area contributed by atoms with Gasteiger partial charge in [0.2, 0.25) is 0 Å². The second-order valence-corrected chi connectivity index (χ2v) is 6.11. The molecule has 10 heteroatoms. The lowest BCUT2D eigenvalue weighted by molar-refractivity contribution is -0.137. The summed E-state index contributed by atoms with van der Waals surface area (Å²) in [4.78, 5) is 16.4. The van der Waals surface area contributed by atoms with Crippen LogP contribution >= 0.6 is 11.3 Å². The molecule has 6 nitrogen and oxygen atoms in total. The molecule has 26 heavy (non-hydrogen) atoms. The minimum Gasteiger partial charge on any atom is -0.378 e. The summed E-state index contributed by atoms with van der Waals surface area (Å²) in [6.07, 6.45) is -1.64. The second kappa shape index (κ2) is 7.26. The van der Waals surface area contributed by atoms with Crippen LogP contribution in [0.25, 0.3) is 5.69 Å². The smallest absolute Gasteiger partial charge is 0.378 e. The van der Waals surface area contributed by atoms with Gasteiger partial charge in [-0.15, -0.1) is 11.3 Å². The first-order valence-electron chi connectivity index (χ1n) is 7.34. The summed E-state index contributed by atoms with van der Waals surface area (Å²) < 4.78 is 44.1. The van der Waals surface area contributed by atoms with Crippen molar-refractivity contribution in [2.75, 3.05) is 12.4 Å². The number of rotatable bonds is 5. The van der Waals surface area contributed by atoms with Gasteiger partial charge in [0.25, 0.3) is 5.91 Å². The molecule has 0 unspecified atom stereocenters. The van der Waals surface area contributed by atoms with E-state index in [1.54, 1.807) is 12.5 Å². The first-order valence-corrected chi connectivity index (χ1v) is 8.22. The second-order valence-electron chi connectivity index (χ2n) is 5.25. The quantitative estimate of drug-likeness (QED) is 0.730. The minimum absolute atomic E-state index is 0.258. The van der Waals surface area contributed by atoms with Crippen molar-refractivity contribution >= 4 is 22.4 Å². The molecule has 0 saturated carbocycles. The predicted molar refractivity (Wildman–Crippen MR) is 89.3 cm³/mol. The summed E-state index contributed by atoms with van der Waals surface area (Å²) in [5.41, 5.74) is 0.623. The highest BCUT2D eigenvalue weighted by molar-refractivity contribution is 7.13. The third kappa shape index (κ3) is 4.09. The molecule has 2 aromatic heterocycles. The number of hydrogen-bond acceptors (Lipinski definition) is 5. The zero-order valence-electron chi connectivity index (χ0n) is 13.4. The minimum atomic E-state index is -4.40. The van der Waals surface area contributed by atoms with Crippen LogP contribution in [0.15, 0.2) is 42.0 Å². The van der Waals surface area contributed by atoms with Gasteiger partial charge in [-0.25, -0.2) is 9.67 Å². The number of thiazole rings is 1. The number of nitrogens with one attached hydrogen (secondary N) is 1. The number of amides is 1. The van der Waals surface area contributed by atoms with Crippen LogP contribution in [0.1, 0.15) is 21.6 Å². The van der Waals surface area contributed by atoms with Gasteiger partial charge in [-0.3, -0.25) is 10.1 Å². The van der Waals surface area contributed by atoms with Crippen molar-refractivity contribution in [2.45, 2.75) is 12.8 Å². The molecule has 0 spiro atoms. The van der Waals surface area contributed by atoms with Crippen molar-refractivity contribution in [1.82, 2.24) is 14.8 Å². The van der Waals surface area contributed by atoms with E-state index >= 15 is 0 Å². The van der Waals surface area contributed by atoms with E-state index in [0.29, 0.717) is 23.1 Å². The summed E-state index contributed by atoms with van der Waals surface area (Å²) in [6, 6.07) is 4.50. The number of benzene rings is 1. The fourth-order valence-electron chi connectivity index (χ4n) is 2.13. The summed E-state index contributed by atoms with van der Waals surface area (Å²) >= 11 is 1.26. The van der Waals surface area contributed by atoms with Gasteiger partial charge in [0, 0.05) is 18.7 Å². The normalized spacial score (nSPS) is 11.5. The molecule has 0 aliphatic heterocycles. The molecule has 136 valence electrons. The predicted octanol–water partition coefficient (Wildman–Crippen LogP) is 3.75. The van der Waals surface area contributed by atoms with Gasteiger partial charge >= 0.3 is 6.18 Å². The molecule has 0 fully saturated rings. The van der Waals surface area contributed by atoms with Crippen molar-refractivity contribution in [2.24, 2.45) is 0 Å². The highest BCUT2D eigenvalue weighted by Crippen LogP contribution is 2.29. The number of anilines is 1. The zero-order valence-corrected chi connectivity index (χ0v) is 14.3. The van der Waals surface area contributed by atoms with Gasteiger partial charge in [0.15, 0.2) is 5.13 Å². The lowest BCUT2D eigenvalue weighted by Gasteiger charge is -2.07. The van der Waals surface area contributed by atoms with Gasteiger partial charge in [-0.05, 0) is 24.3 Å². The van der Waals surface area contributed by atoms with Gasteiger partial charge in [0.05, 0.1) is 35.3 Å². The van der Waals surface area contributed by atoms with Gasteiger partial charge in [-0.1, -0.05) is 0 Å². The van der Waals surface area contributed by atoms with Crippen LogP contribution in [0.3, 0.4) is 0 Å². The van der Waals surface area contributed by atoms with Crippen LogP contribution in [0, 0.1) is 0 Å². The van der Waals surface area contributed by atoms with Crippen LogP contribution in [-0.4, -0.2) is 27.8 Å². The van der Waals surface area contributed by atoms with Crippen molar-refractivity contribution in [3.05, 3.63) is 58.9 Å². The number of ether oxygens (including phenoxy) is 1. The number of hydrogen-bond donors (Lipinski definition) is 1. The SMILES string of the molecule is COCc1csc(NC(=O)c2cnn(-c3ccc(C(F)(F)F)cc3)c2)n1. The van der Waals surface area contributed by atoms with E-state index < -0.39 is 17.6 Å². The number of carbonyl (C=O) groups excluding carboxylic acids is 1. The Kier molecular flexibility index (Phi) is 5.05. The monoisotopic (exact) mass is 382 g/mol. The molecule has 1 N–H and O–H groups in total. The molecular formula is C16H13F3N4O2S. The number of nitrogens with zero attached hydrogens (tertiary/aromatic N) is 3. The van der Waals surface area contributed by atoms with E-state index in [1.807, 2.05) is 0 Å². The van der Waals surface area contributed by atoms with Gasteiger partial charge in [-0.2, -0.15) is 18.3 Å². The molecule has 1 aromatic carbocycles. The number of methoxy groups -OCH3 is 1. The fraction of sp³-hybridized carbons (Fsp3) is 0.188. The Morgan fingerprint density at radius 2 is 2.04 bits per heavy atom. The lowest BCUT2D eigenvalue weighted by Crippen LogP contribution is -2.11. The Hall–Kier alpha value is -2.72. The third-order valence-corrected chi connectivity index (χ3v) is 4.17. The van der Waals surface area contributed by atoms with E-state index in [9.17, 15) is 18.0 Å². The van der Waals surface area contributed by atoms with Gasteiger partial charge in [0.1, 0.15) is 0 Å². The van der Waals surface area contributed by atoms with E-state index in [4.69, 9.17) is 4.74 Å². The van der Waals surface area contributed by atoms with Crippen molar-refractivity contribution in [1.29, 1.82) is 0 Å². The summed E-state index contributed by atoms with van der Waals surface area (Å²) in [7, 11) is 1.55. The van der Waals surface area contributed by atoms with Crippen LogP contribution < -0.4 is 5.32 Å². The van der Waals surface area contributed by atoms with E-state index in [2.05, 4.69) is 15.4 Å². The maximum Gasteiger partial charge on any atom is 0.416 e. The first kappa shape index (κ1) is 18.1. The van der Waals surface area contributed by atoms with Crippen molar-refractivity contribution in [3.63, 3.8) is 0 Å². The number of aromatic nitrogens is 3. The molecule has 0 saturated heterocycles. The Morgan fingerprint density at radius 3 is 2.69 bits per heavy atom.